The molecule has 2 aliphatic heterocycles. The normalized spacial score (nSPS) is 26.0. The second-order valence-corrected chi connectivity index (χ2v) is 18.5. The van der Waals surface area contributed by atoms with Gasteiger partial charge in [0.2, 0.25) is 0 Å². The summed E-state index contributed by atoms with van der Waals surface area (Å²) in [6.45, 7) is 5.16. The van der Waals surface area contributed by atoms with Crippen molar-refractivity contribution >= 4 is 50.8 Å². The Labute approximate surface area is 316 Å². The lowest BCUT2D eigenvalue weighted by molar-refractivity contribution is -0.205. The SMILES string of the molecule is CC(C)(C)[S@@](=O)N[C@@H]1C/C=C\CC(COS(C)(=O)=O)S[C@H]2O[C@H]1[C@H](OC(=O)c1ccccc1)[C@H](OC(=O)c1ccccc1)[C@H]2OC(=O)c1ccccc1. The summed E-state index contributed by atoms with van der Waals surface area (Å²) in [6.07, 6.45) is -0.243. The highest BCUT2D eigenvalue weighted by Gasteiger charge is 2.55. The molecule has 0 spiro atoms. The van der Waals surface area contributed by atoms with Crippen molar-refractivity contribution in [2.45, 2.75) is 79.5 Å². The maximum absolute atomic E-state index is 13.9. The van der Waals surface area contributed by atoms with E-state index in [0.29, 0.717) is 6.42 Å². The van der Waals surface area contributed by atoms with E-state index in [2.05, 4.69) is 4.72 Å². The Hall–Kier alpha value is -3.86. The number of nitrogens with one attached hydrogen (secondary N) is 1. The van der Waals surface area contributed by atoms with Gasteiger partial charge in [0.1, 0.15) is 11.5 Å². The third-order valence-electron chi connectivity index (χ3n) is 8.25. The molecule has 0 radical (unpaired) electrons. The number of benzene rings is 3. The van der Waals surface area contributed by atoms with Gasteiger partial charge in [-0.05, 0) is 70.0 Å². The zero-order chi connectivity index (χ0) is 38.2. The summed E-state index contributed by atoms with van der Waals surface area (Å²) < 4.78 is 70.7. The fraction of sp³-hybridized carbons (Fsp3) is 0.395. The molecule has 2 bridgehead atoms. The molecule has 3 aromatic carbocycles. The Bertz CT molecular complexity index is 1870. The molecule has 0 aliphatic carbocycles. The summed E-state index contributed by atoms with van der Waals surface area (Å²) in [6, 6.07) is 23.8. The molecule has 284 valence electrons. The quantitative estimate of drug-likeness (QED) is 0.117. The minimum absolute atomic E-state index is 0.188. The first-order valence-corrected chi connectivity index (χ1v) is 20.9. The van der Waals surface area contributed by atoms with Crippen LogP contribution in [0.2, 0.25) is 0 Å². The van der Waals surface area contributed by atoms with Crippen LogP contribution >= 0.6 is 11.8 Å². The van der Waals surface area contributed by atoms with Crippen molar-refractivity contribution in [2.75, 3.05) is 12.9 Å². The van der Waals surface area contributed by atoms with Crippen molar-refractivity contribution in [2.24, 2.45) is 0 Å². The van der Waals surface area contributed by atoms with Crippen LogP contribution in [0.4, 0.5) is 0 Å². The van der Waals surface area contributed by atoms with E-state index in [4.69, 9.17) is 23.1 Å². The number of ether oxygens (including phenoxy) is 4. The molecule has 0 saturated carbocycles. The summed E-state index contributed by atoms with van der Waals surface area (Å²) in [5.41, 5.74) is -0.533. The Balaban J connectivity index is 1.65. The third-order valence-corrected chi connectivity index (χ3v) is 11.8. The predicted octanol–water partition coefficient (Wildman–Crippen LogP) is 5.24. The number of carbonyl (C=O) groups excluding carboxylic acids is 3. The van der Waals surface area contributed by atoms with Gasteiger partial charge in [0.15, 0.2) is 18.3 Å². The standard InChI is InChI=1S/C38H43NO11S3/c1-38(2,3)52(43)39-29-23-15-14-22-28(24-46-53(4,44)45)51-37-33(49-36(42)27-20-12-7-13-21-27)32(48-35(41)26-18-10-6-11-19-26)31(30(29)50-37)47-34(40)25-16-8-5-9-17-25/h5-21,28-33,37,39H,22-24H2,1-4H3/b15-14-/t28?,29-,30-,31+,32+,33-,37-,52-/m1/s1. The number of thioether (sulfide) groups is 1. The molecular formula is C38H43NO11S3. The summed E-state index contributed by atoms with van der Waals surface area (Å²) in [5, 5.41) is -0.549. The smallest absolute Gasteiger partial charge is 0.338 e. The molecule has 53 heavy (non-hydrogen) atoms. The van der Waals surface area contributed by atoms with Crippen LogP contribution in [0.15, 0.2) is 103 Å². The Morgan fingerprint density at radius 1 is 0.755 bits per heavy atom. The van der Waals surface area contributed by atoms with Gasteiger partial charge in [-0.1, -0.05) is 66.7 Å². The maximum atomic E-state index is 13.9. The van der Waals surface area contributed by atoms with Crippen LogP contribution in [0.3, 0.4) is 0 Å². The van der Waals surface area contributed by atoms with Crippen molar-refractivity contribution in [3.8, 4) is 0 Å². The number of esters is 3. The number of rotatable bonds is 11. The summed E-state index contributed by atoms with van der Waals surface area (Å²) in [7, 11) is -5.46. The van der Waals surface area contributed by atoms with E-state index >= 15 is 0 Å². The Morgan fingerprint density at radius 3 is 1.68 bits per heavy atom. The van der Waals surface area contributed by atoms with E-state index in [1.165, 1.54) is 0 Å². The molecule has 2 heterocycles. The molecule has 1 N–H and O–H groups in total. The molecule has 15 heteroatoms. The lowest BCUT2D eigenvalue weighted by Crippen LogP contribution is -2.65. The predicted molar refractivity (Wildman–Crippen MR) is 201 cm³/mol. The van der Waals surface area contributed by atoms with Crippen LogP contribution < -0.4 is 4.72 Å². The fourth-order valence-electron chi connectivity index (χ4n) is 5.57. The number of hydrogen-bond donors (Lipinski definition) is 1. The summed E-state index contributed by atoms with van der Waals surface area (Å²) in [4.78, 5) is 41.4. The average molecular weight is 786 g/mol. The van der Waals surface area contributed by atoms with Crippen LogP contribution in [0.5, 0.6) is 0 Å². The van der Waals surface area contributed by atoms with Crippen molar-refractivity contribution in [3.05, 3.63) is 120 Å². The molecule has 3 aromatic rings. The first kappa shape index (κ1) is 40.3. The van der Waals surface area contributed by atoms with Crippen LogP contribution in [-0.4, -0.2) is 89.3 Å². The molecule has 12 nitrogen and oxygen atoms in total. The number of carbonyl (C=O) groups is 3. The summed E-state index contributed by atoms with van der Waals surface area (Å²) in [5.74, 6) is -2.31. The van der Waals surface area contributed by atoms with E-state index in [9.17, 15) is 27.0 Å². The first-order chi connectivity index (χ1) is 25.2. The van der Waals surface area contributed by atoms with Gasteiger partial charge in [0, 0.05) is 5.25 Å². The van der Waals surface area contributed by atoms with E-state index in [1.54, 1.807) is 112 Å². The Morgan fingerprint density at radius 2 is 1.21 bits per heavy atom. The molecule has 1 unspecified atom stereocenters. The van der Waals surface area contributed by atoms with Gasteiger partial charge in [-0.3, -0.25) is 4.18 Å². The number of allylic oxidation sites excluding steroid dienone is 1. The van der Waals surface area contributed by atoms with Crippen molar-refractivity contribution in [1.82, 2.24) is 4.72 Å². The molecule has 1 saturated heterocycles. The highest BCUT2D eigenvalue weighted by molar-refractivity contribution is 8.00. The average Bonchev–Trinajstić information content (AvgIpc) is 3.13. The van der Waals surface area contributed by atoms with E-state index < -0.39 is 84.9 Å². The summed E-state index contributed by atoms with van der Waals surface area (Å²) >= 11 is 1.12. The maximum Gasteiger partial charge on any atom is 0.338 e. The third kappa shape index (κ3) is 11.3. The topological polar surface area (TPSA) is 161 Å². The van der Waals surface area contributed by atoms with Crippen LogP contribution in [0, 0.1) is 0 Å². The van der Waals surface area contributed by atoms with Crippen molar-refractivity contribution < 1.29 is 50.1 Å². The van der Waals surface area contributed by atoms with Gasteiger partial charge in [0.25, 0.3) is 10.1 Å². The second-order valence-electron chi connectivity index (χ2n) is 13.5. The minimum atomic E-state index is -3.83. The van der Waals surface area contributed by atoms with E-state index in [0.717, 1.165) is 18.0 Å². The lowest BCUT2D eigenvalue weighted by Gasteiger charge is -2.47. The van der Waals surface area contributed by atoms with Gasteiger partial charge >= 0.3 is 17.9 Å². The number of hydrogen-bond acceptors (Lipinski definition) is 12. The highest BCUT2D eigenvalue weighted by atomic mass is 32.2. The molecule has 0 amide bonds. The first-order valence-electron chi connectivity index (χ1n) is 17.0. The molecule has 1 fully saturated rings. The lowest BCUT2D eigenvalue weighted by atomic mass is 9.92. The molecule has 8 atom stereocenters. The van der Waals surface area contributed by atoms with Gasteiger partial charge < -0.3 is 18.9 Å². The zero-order valence-electron chi connectivity index (χ0n) is 29.7. The monoisotopic (exact) mass is 785 g/mol. The van der Waals surface area contributed by atoms with Crippen LogP contribution in [-0.2, 0) is 44.2 Å². The molecule has 5 rings (SSSR count). The molecule has 0 aromatic heterocycles. The van der Waals surface area contributed by atoms with Gasteiger partial charge in [-0.25, -0.2) is 23.3 Å². The van der Waals surface area contributed by atoms with E-state index in [-0.39, 0.29) is 29.7 Å². The molecule has 2 aliphatic rings. The zero-order valence-corrected chi connectivity index (χ0v) is 32.1. The van der Waals surface area contributed by atoms with Gasteiger partial charge in [-0.15, -0.1) is 11.8 Å². The van der Waals surface area contributed by atoms with Gasteiger partial charge in [-0.2, -0.15) is 8.42 Å². The largest absolute Gasteiger partial charge is 0.452 e. The van der Waals surface area contributed by atoms with Crippen molar-refractivity contribution in [3.63, 3.8) is 0 Å². The Kier molecular flexibility index (Phi) is 13.7. The van der Waals surface area contributed by atoms with Crippen LogP contribution in [0.1, 0.15) is 64.7 Å². The minimum Gasteiger partial charge on any atom is -0.452 e. The fourth-order valence-corrected chi connectivity index (χ4v) is 8.23. The van der Waals surface area contributed by atoms with E-state index in [1.807, 2.05) is 12.2 Å². The van der Waals surface area contributed by atoms with Crippen LogP contribution in [0.25, 0.3) is 0 Å². The van der Waals surface area contributed by atoms with Gasteiger partial charge in [0.05, 0.1) is 51.3 Å². The number of fused-ring (bicyclic) bond motifs is 2. The van der Waals surface area contributed by atoms with Crippen molar-refractivity contribution in [1.29, 1.82) is 0 Å². The second kappa shape index (κ2) is 18.0. The highest BCUT2D eigenvalue weighted by Crippen LogP contribution is 2.40. The molecular weight excluding hydrogens is 743 g/mol.